The van der Waals surface area contributed by atoms with Gasteiger partial charge in [0.25, 0.3) is 0 Å². The number of thiophene rings is 1. The molecule has 0 atom stereocenters. The molecule has 0 unspecified atom stereocenters. The Kier molecular flexibility index (Phi) is 2.46. The molecule has 0 saturated heterocycles. The van der Waals surface area contributed by atoms with Crippen molar-refractivity contribution >= 4 is 11.3 Å². The zero-order valence-corrected chi connectivity index (χ0v) is 9.65. The van der Waals surface area contributed by atoms with Gasteiger partial charge < -0.3 is 5.73 Å². The summed E-state index contributed by atoms with van der Waals surface area (Å²) >= 11 is 1.71. The first-order chi connectivity index (χ1) is 7.83. The van der Waals surface area contributed by atoms with Gasteiger partial charge in [-0.1, -0.05) is 6.07 Å². The predicted octanol–water partition coefficient (Wildman–Crippen LogP) is 2.41. The first-order valence-corrected chi connectivity index (χ1v) is 6.33. The zero-order valence-electron chi connectivity index (χ0n) is 8.84. The van der Waals surface area contributed by atoms with Gasteiger partial charge in [0.2, 0.25) is 0 Å². The molecule has 1 aliphatic rings. The summed E-state index contributed by atoms with van der Waals surface area (Å²) in [4.78, 5) is 10.2. The van der Waals surface area contributed by atoms with E-state index < -0.39 is 0 Å². The largest absolute Gasteiger partial charge is 0.328 e. The van der Waals surface area contributed by atoms with E-state index in [0.717, 1.165) is 24.4 Å². The molecule has 3 rings (SSSR count). The number of nitrogens with two attached hydrogens (primary N) is 1. The van der Waals surface area contributed by atoms with E-state index in [4.69, 9.17) is 5.73 Å². The van der Waals surface area contributed by atoms with Crippen LogP contribution in [-0.4, -0.2) is 16.0 Å². The molecule has 0 radical (unpaired) electrons. The highest BCUT2D eigenvalue weighted by Gasteiger charge is 2.29. The van der Waals surface area contributed by atoms with Gasteiger partial charge in [-0.15, -0.1) is 11.3 Å². The minimum absolute atomic E-state index is 0.346. The Hall–Kier alpha value is -1.26. The molecule has 16 heavy (non-hydrogen) atoms. The lowest BCUT2D eigenvalue weighted by Gasteiger charge is -2.31. The third kappa shape index (κ3) is 1.74. The van der Waals surface area contributed by atoms with Gasteiger partial charge in [0, 0.05) is 18.2 Å². The Morgan fingerprint density at radius 1 is 1.31 bits per heavy atom. The molecular weight excluding hydrogens is 218 g/mol. The molecule has 1 aliphatic carbocycles. The van der Waals surface area contributed by atoms with Crippen molar-refractivity contribution in [1.82, 2.24) is 9.97 Å². The molecule has 0 aromatic carbocycles. The molecule has 0 amide bonds. The van der Waals surface area contributed by atoms with Crippen LogP contribution in [0.15, 0.2) is 29.8 Å². The van der Waals surface area contributed by atoms with Crippen molar-refractivity contribution in [3.8, 4) is 10.6 Å². The van der Waals surface area contributed by atoms with Gasteiger partial charge in [0.1, 0.15) is 5.82 Å². The average Bonchev–Trinajstić information content (AvgIpc) is 2.78. The fourth-order valence-electron chi connectivity index (χ4n) is 2.00. The fourth-order valence-corrected chi connectivity index (χ4v) is 2.70. The van der Waals surface area contributed by atoms with Crippen LogP contribution in [-0.2, 0) is 0 Å². The van der Waals surface area contributed by atoms with Crippen molar-refractivity contribution < 1.29 is 0 Å². The van der Waals surface area contributed by atoms with Crippen LogP contribution in [0.2, 0.25) is 0 Å². The van der Waals surface area contributed by atoms with Gasteiger partial charge in [-0.05, 0) is 30.4 Å². The van der Waals surface area contributed by atoms with Crippen molar-refractivity contribution in [2.24, 2.45) is 5.73 Å². The summed E-state index contributed by atoms with van der Waals surface area (Å²) in [7, 11) is 0. The Morgan fingerprint density at radius 2 is 2.19 bits per heavy atom. The van der Waals surface area contributed by atoms with E-state index in [1.807, 2.05) is 18.3 Å². The molecular formula is C12H13N3S. The SMILES string of the molecule is NC1CC(c2nccc(-c3cccs3)n2)C1. The van der Waals surface area contributed by atoms with Crippen molar-refractivity contribution in [3.05, 3.63) is 35.6 Å². The molecule has 1 fully saturated rings. The molecule has 2 aromatic rings. The third-order valence-electron chi connectivity index (χ3n) is 2.99. The summed E-state index contributed by atoms with van der Waals surface area (Å²) in [5.41, 5.74) is 6.81. The second kappa shape index (κ2) is 3.96. The van der Waals surface area contributed by atoms with Crippen LogP contribution in [0.5, 0.6) is 0 Å². The van der Waals surface area contributed by atoms with Crippen molar-refractivity contribution in [3.63, 3.8) is 0 Å². The number of rotatable bonds is 2. The molecule has 4 heteroatoms. The van der Waals surface area contributed by atoms with Crippen LogP contribution in [0.25, 0.3) is 10.6 Å². The molecule has 2 N–H and O–H groups in total. The molecule has 0 spiro atoms. The highest BCUT2D eigenvalue weighted by atomic mass is 32.1. The van der Waals surface area contributed by atoms with E-state index in [1.165, 1.54) is 4.88 Å². The van der Waals surface area contributed by atoms with Crippen molar-refractivity contribution in [1.29, 1.82) is 0 Å². The van der Waals surface area contributed by atoms with Gasteiger partial charge in [-0.3, -0.25) is 0 Å². The number of hydrogen-bond acceptors (Lipinski definition) is 4. The van der Waals surface area contributed by atoms with Crippen molar-refractivity contribution in [2.75, 3.05) is 0 Å². The zero-order chi connectivity index (χ0) is 11.0. The molecule has 0 bridgehead atoms. The Labute approximate surface area is 98.4 Å². The van der Waals surface area contributed by atoms with Crippen molar-refractivity contribution in [2.45, 2.75) is 24.8 Å². The molecule has 82 valence electrons. The monoisotopic (exact) mass is 231 g/mol. The highest BCUT2D eigenvalue weighted by molar-refractivity contribution is 7.13. The van der Waals surface area contributed by atoms with E-state index in [2.05, 4.69) is 21.4 Å². The summed E-state index contributed by atoms with van der Waals surface area (Å²) in [5, 5.41) is 2.07. The summed E-state index contributed by atoms with van der Waals surface area (Å²) in [6.45, 7) is 0. The van der Waals surface area contributed by atoms with E-state index in [-0.39, 0.29) is 0 Å². The van der Waals surface area contributed by atoms with Crippen LogP contribution in [0, 0.1) is 0 Å². The smallest absolute Gasteiger partial charge is 0.132 e. The molecule has 2 heterocycles. The Morgan fingerprint density at radius 3 is 2.88 bits per heavy atom. The lowest BCUT2D eigenvalue weighted by molar-refractivity contribution is 0.338. The predicted molar refractivity (Wildman–Crippen MR) is 65.3 cm³/mol. The summed E-state index contributed by atoms with van der Waals surface area (Å²) in [6.07, 6.45) is 3.89. The lowest BCUT2D eigenvalue weighted by atomic mass is 9.80. The molecule has 3 nitrogen and oxygen atoms in total. The third-order valence-corrected chi connectivity index (χ3v) is 3.88. The minimum Gasteiger partial charge on any atom is -0.328 e. The topological polar surface area (TPSA) is 51.8 Å². The molecule has 0 aliphatic heterocycles. The van der Waals surface area contributed by atoms with Crippen LogP contribution in [0.3, 0.4) is 0 Å². The molecule has 2 aromatic heterocycles. The van der Waals surface area contributed by atoms with Crippen LogP contribution < -0.4 is 5.73 Å². The summed E-state index contributed by atoms with van der Waals surface area (Å²) in [6, 6.07) is 6.44. The van der Waals surface area contributed by atoms with Gasteiger partial charge in [0.15, 0.2) is 0 Å². The van der Waals surface area contributed by atoms with Gasteiger partial charge in [-0.25, -0.2) is 9.97 Å². The normalized spacial score (nSPS) is 24.1. The lowest BCUT2D eigenvalue weighted by Crippen LogP contribution is -2.35. The average molecular weight is 231 g/mol. The van der Waals surface area contributed by atoms with E-state index in [0.29, 0.717) is 12.0 Å². The highest BCUT2D eigenvalue weighted by Crippen LogP contribution is 2.34. The van der Waals surface area contributed by atoms with Gasteiger partial charge in [0.05, 0.1) is 10.6 Å². The van der Waals surface area contributed by atoms with E-state index in [1.54, 1.807) is 11.3 Å². The van der Waals surface area contributed by atoms with Crippen LogP contribution in [0.1, 0.15) is 24.6 Å². The maximum Gasteiger partial charge on any atom is 0.132 e. The second-order valence-corrected chi connectivity index (χ2v) is 5.15. The summed E-state index contributed by atoms with van der Waals surface area (Å²) < 4.78 is 0. The second-order valence-electron chi connectivity index (χ2n) is 4.21. The Balaban J connectivity index is 1.89. The van der Waals surface area contributed by atoms with Crippen LogP contribution >= 0.6 is 11.3 Å². The number of aromatic nitrogens is 2. The summed E-state index contributed by atoms with van der Waals surface area (Å²) in [5.74, 6) is 1.42. The first kappa shape index (κ1) is 9.93. The maximum atomic E-state index is 5.79. The molecule has 1 saturated carbocycles. The minimum atomic E-state index is 0.346. The van der Waals surface area contributed by atoms with Gasteiger partial charge in [-0.2, -0.15) is 0 Å². The fraction of sp³-hybridized carbons (Fsp3) is 0.333. The van der Waals surface area contributed by atoms with Crippen LogP contribution in [0.4, 0.5) is 0 Å². The number of hydrogen-bond donors (Lipinski definition) is 1. The maximum absolute atomic E-state index is 5.79. The number of nitrogens with zero attached hydrogens (tertiary/aromatic N) is 2. The van der Waals surface area contributed by atoms with E-state index in [9.17, 15) is 0 Å². The quantitative estimate of drug-likeness (QED) is 0.863. The van der Waals surface area contributed by atoms with Gasteiger partial charge >= 0.3 is 0 Å². The Bertz CT molecular complexity index is 475. The standard InChI is InChI=1S/C12H13N3S/c13-9-6-8(7-9)12-14-4-3-10(15-12)11-2-1-5-16-11/h1-5,8-9H,6-7,13H2. The first-order valence-electron chi connectivity index (χ1n) is 5.45. The van der Waals surface area contributed by atoms with E-state index >= 15 is 0 Å².